The van der Waals surface area contributed by atoms with E-state index in [4.69, 9.17) is 0 Å². The molecule has 9 heavy (non-hydrogen) atoms. The summed E-state index contributed by atoms with van der Waals surface area (Å²) in [4.78, 5) is 20.2. The SMILES string of the molecule is C=CC(=O)OC(=O)NN. The number of esters is 1. The van der Waals surface area contributed by atoms with Gasteiger partial charge < -0.3 is 4.74 Å². The van der Waals surface area contributed by atoms with Crippen LogP contribution in [0.25, 0.3) is 0 Å². The average Bonchev–Trinajstić information content (AvgIpc) is 1.87. The Morgan fingerprint density at radius 1 is 1.67 bits per heavy atom. The van der Waals surface area contributed by atoms with Crippen molar-refractivity contribution in [1.82, 2.24) is 5.43 Å². The van der Waals surface area contributed by atoms with Gasteiger partial charge in [0.25, 0.3) is 0 Å². The smallest absolute Gasteiger partial charge is 0.372 e. The van der Waals surface area contributed by atoms with Gasteiger partial charge in [0.05, 0.1) is 0 Å². The van der Waals surface area contributed by atoms with E-state index in [0.29, 0.717) is 0 Å². The van der Waals surface area contributed by atoms with Crippen molar-refractivity contribution in [3.8, 4) is 0 Å². The first-order chi connectivity index (χ1) is 4.20. The summed E-state index contributed by atoms with van der Waals surface area (Å²) in [5.41, 5.74) is 1.60. The fourth-order valence-electron chi connectivity index (χ4n) is 0.162. The first-order valence-corrected chi connectivity index (χ1v) is 2.05. The van der Waals surface area contributed by atoms with Crippen LogP contribution in [0, 0.1) is 0 Å². The number of carbonyl (C=O) groups excluding carboxylic acids is 2. The fraction of sp³-hybridized carbons (Fsp3) is 0. The Kier molecular flexibility index (Phi) is 3.07. The Morgan fingerprint density at radius 2 is 2.22 bits per heavy atom. The van der Waals surface area contributed by atoms with Gasteiger partial charge in [-0.25, -0.2) is 15.4 Å². The maximum absolute atomic E-state index is 10.1. The van der Waals surface area contributed by atoms with Crippen LogP contribution in [-0.4, -0.2) is 12.1 Å². The van der Waals surface area contributed by atoms with E-state index in [-0.39, 0.29) is 0 Å². The minimum atomic E-state index is -1.00. The molecule has 0 aromatic heterocycles. The molecule has 0 aliphatic rings. The molecule has 0 aliphatic carbocycles. The monoisotopic (exact) mass is 130 g/mol. The zero-order valence-electron chi connectivity index (χ0n) is 4.59. The van der Waals surface area contributed by atoms with Gasteiger partial charge in [-0.3, -0.25) is 5.43 Å². The van der Waals surface area contributed by atoms with Gasteiger partial charge in [0.1, 0.15) is 0 Å². The van der Waals surface area contributed by atoms with Gasteiger partial charge in [-0.05, 0) is 0 Å². The molecule has 0 saturated heterocycles. The van der Waals surface area contributed by atoms with Crippen LogP contribution in [0.5, 0.6) is 0 Å². The van der Waals surface area contributed by atoms with Gasteiger partial charge in [-0.1, -0.05) is 6.58 Å². The molecule has 0 aromatic carbocycles. The van der Waals surface area contributed by atoms with E-state index in [1.165, 1.54) is 0 Å². The Balaban J connectivity index is 3.59. The lowest BCUT2D eigenvalue weighted by Gasteiger charge is -1.94. The minimum Gasteiger partial charge on any atom is -0.372 e. The third kappa shape index (κ3) is 3.24. The zero-order chi connectivity index (χ0) is 7.28. The summed E-state index contributed by atoms with van der Waals surface area (Å²) >= 11 is 0. The van der Waals surface area contributed by atoms with Gasteiger partial charge in [0.2, 0.25) is 0 Å². The molecule has 0 aliphatic heterocycles. The summed E-state index contributed by atoms with van der Waals surface area (Å²) in [5.74, 6) is 3.73. The average molecular weight is 130 g/mol. The van der Waals surface area contributed by atoms with Crippen molar-refractivity contribution in [3.05, 3.63) is 12.7 Å². The van der Waals surface area contributed by atoms with Crippen LogP contribution in [0.15, 0.2) is 12.7 Å². The van der Waals surface area contributed by atoms with Gasteiger partial charge in [0, 0.05) is 6.08 Å². The molecule has 0 aromatic rings. The lowest BCUT2D eigenvalue weighted by Crippen LogP contribution is -2.31. The molecule has 50 valence electrons. The number of amides is 1. The molecule has 1 amide bonds. The summed E-state index contributed by atoms with van der Waals surface area (Å²) in [5, 5.41) is 0. The number of hydrazine groups is 1. The van der Waals surface area contributed by atoms with Gasteiger partial charge >= 0.3 is 12.1 Å². The molecule has 0 atom stereocenters. The Morgan fingerprint density at radius 3 is 2.56 bits per heavy atom. The van der Waals surface area contributed by atoms with Gasteiger partial charge in [-0.15, -0.1) is 0 Å². The summed E-state index contributed by atoms with van der Waals surface area (Å²) in [6.45, 7) is 3.05. The second-order valence-corrected chi connectivity index (χ2v) is 1.06. The molecule has 0 bridgehead atoms. The highest BCUT2D eigenvalue weighted by molar-refractivity contribution is 5.90. The number of ether oxygens (including phenoxy) is 1. The van der Waals surface area contributed by atoms with Gasteiger partial charge in [0.15, 0.2) is 0 Å². The van der Waals surface area contributed by atoms with Crippen LogP contribution in [-0.2, 0) is 9.53 Å². The normalized spacial score (nSPS) is 7.67. The quantitative estimate of drug-likeness (QED) is 0.123. The maximum Gasteiger partial charge on any atom is 0.429 e. The molecule has 0 saturated carbocycles. The van der Waals surface area contributed by atoms with Crippen LogP contribution >= 0.6 is 0 Å². The summed E-state index contributed by atoms with van der Waals surface area (Å²) < 4.78 is 3.92. The van der Waals surface area contributed by atoms with Crippen molar-refractivity contribution in [3.63, 3.8) is 0 Å². The molecule has 0 rings (SSSR count). The van der Waals surface area contributed by atoms with Crippen molar-refractivity contribution in [2.45, 2.75) is 0 Å². The Bertz CT molecular complexity index is 143. The second kappa shape index (κ2) is 3.62. The molecular formula is C4H6N2O3. The van der Waals surface area contributed by atoms with E-state index in [2.05, 4.69) is 17.2 Å². The molecule has 0 heterocycles. The zero-order valence-corrected chi connectivity index (χ0v) is 4.59. The second-order valence-electron chi connectivity index (χ2n) is 1.06. The first kappa shape index (κ1) is 7.64. The first-order valence-electron chi connectivity index (χ1n) is 2.05. The molecular weight excluding hydrogens is 124 g/mol. The minimum absolute atomic E-state index is 0.835. The number of carbonyl (C=O) groups is 2. The topological polar surface area (TPSA) is 81.4 Å². The van der Waals surface area contributed by atoms with Crippen LogP contribution < -0.4 is 11.3 Å². The molecule has 3 N–H and O–H groups in total. The fourth-order valence-corrected chi connectivity index (χ4v) is 0.162. The molecule has 0 unspecified atom stereocenters. The standard InChI is InChI=1S/C4H6N2O3/c1-2-3(7)9-4(8)6-5/h2H,1,5H2,(H,6,8). The van der Waals surface area contributed by atoms with Crippen LogP contribution in [0.1, 0.15) is 0 Å². The summed E-state index contributed by atoms with van der Waals surface area (Å²) in [7, 11) is 0. The number of nitrogens with two attached hydrogens (primary N) is 1. The maximum atomic E-state index is 10.1. The van der Waals surface area contributed by atoms with E-state index < -0.39 is 12.1 Å². The number of hydrogen-bond acceptors (Lipinski definition) is 4. The largest absolute Gasteiger partial charge is 0.429 e. The van der Waals surface area contributed by atoms with Crippen molar-refractivity contribution in [1.29, 1.82) is 0 Å². The number of rotatable bonds is 1. The Hall–Kier alpha value is -1.36. The van der Waals surface area contributed by atoms with Crippen LogP contribution in [0.4, 0.5) is 4.79 Å². The van der Waals surface area contributed by atoms with Crippen LogP contribution in [0.3, 0.4) is 0 Å². The number of nitrogens with one attached hydrogen (secondary N) is 1. The van der Waals surface area contributed by atoms with E-state index in [9.17, 15) is 9.59 Å². The van der Waals surface area contributed by atoms with E-state index >= 15 is 0 Å². The highest BCUT2D eigenvalue weighted by atomic mass is 16.6. The predicted octanol–water partition coefficient (Wildman–Crippen LogP) is -0.701. The van der Waals surface area contributed by atoms with Crippen molar-refractivity contribution >= 4 is 12.1 Å². The van der Waals surface area contributed by atoms with Crippen molar-refractivity contribution in [2.24, 2.45) is 5.84 Å². The third-order valence-electron chi connectivity index (χ3n) is 0.478. The molecule has 0 fully saturated rings. The summed E-state index contributed by atoms with van der Waals surface area (Å²) in [6, 6.07) is 0. The highest BCUT2D eigenvalue weighted by Gasteiger charge is 2.01. The molecule has 5 nitrogen and oxygen atoms in total. The molecule has 0 spiro atoms. The van der Waals surface area contributed by atoms with Gasteiger partial charge in [-0.2, -0.15) is 0 Å². The predicted molar refractivity (Wildman–Crippen MR) is 29.0 cm³/mol. The van der Waals surface area contributed by atoms with Crippen molar-refractivity contribution in [2.75, 3.05) is 0 Å². The summed E-state index contributed by atoms with van der Waals surface area (Å²) in [6.07, 6.45) is -0.144. The lowest BCUT2D eigenvalue weighted by atomic mass is 10.7. The van der Waals surface area contributed by atoms with E-state index in [1.54, 1.807) is 5.43 Å². The number of hydrogen-bond donors (Lipinski definition) is 2. The van der Waals surface area contributed by atoms with Crippen LogP contribution in [0.2, 0.25) is 0 Å². The highest BCUT2D eigenvalue weighted by Crippen LogP contribution is 1.77. The Labute approximate surface area is 51.4 Å². The van der Waals surface area contributed by atoms with E-state index in [1.807, 2.05) is 0 Å². The third-order valence-corrected chi connectivity index (χ3v) is 0.478. The van der Waals surface area contributed by atoms with E-state index in [0.717, 1.165) is 6.08 Å². The lowest BCUT2D eigenvalue weighted by molar-refractivity contribution is -0.131. The molecule has 0 radical (unpaired) electrons. The van der Waals surface area contributed by atoms with Crippen molar-refractivity contribution < 1.29 is 14.3 Å². The molecule has 5 heteroatoms.